The van der Waals surface area contributed by atoms with E-state index < -0.39 is 9.84 Å². The summed E-state index contributed by atoms with van der Waals surface area (Å²) in [7, 11) is -1.76. The van der Waals surface area contributed by atoms with Gasteiger partial charge in [-0.25, -0.2) is 8.42 Å². The highest BCUT2D eigenvalue weighted by atomic mass is 32.2. The Morgan fingerprint density at radius 2 is 1.77 bits per heavy atom. The van der Waals surface area contributed by atoms with Crippen LogP contribution in [0.4, 0.5) is 5.69 Å². The van der Waals surface area contributed by atoms with Crippen molar-refractivity contribution in [3.8, 4) is 5.75 Å². The normalized spacial score (nSPS) is 16.0. The Kier molecular flexibility index (Phi) is 3.62. The summed E-state index contributed by atoms with van der Waals surface area (Å²) in [6.07, 6.45) is 0. The lowest BCUT2D eigenvalue weighted by atomic mass is 10.1. The number of anilines is 1. The Labute approximate surface area is 129 Å². The number of carbonyl (C=O) groups is 1. The predicted octanol–water partition coefficient (Wildman–Crippen LogP) is 2.13. The van der Waals surface area contributed by atoms with Crippen LogP contribution in [-0.4, -0.2) is 33.7 Å². The van der Waals surface area contributed by atoms with E-state index in [1.165, 1.54) is 11.0 Å². The third-order valence-corrected chi connectivity index (χ3v) is 5.39. The van der Waals surface area contributed by atoms with Gasteiger partial charge in [-0.05, 0) is 36.4 Å². The molecule has 2 aromatic carbocycles. The molecule has 1 heterocycles. The molecule has 0 spiro atoms. The largest absolute Gasteiger partial charge is 0.497 e. The molecule has 0 aliphatic carbocycles. The summed E-state index contributed by atoms with van der Waals surface area (Å²) in [6.45, 7) is 0.157. The molecular weight excluding hydrogens is 302 g/mol. The number of amides is 1. The van der Waals surface area contributed by atoms with E-state index in [-0.39, 0.29) is 23.1 Å². The van der Waals surface area contributed by atoms with Crippen molar-refractivity contribution in [3.63, 3.8) is 0 Å². The van der Waals surface area contributed by atoms with Crippen LogP contribution in [0.15, 0.2) is 53.4 Å². The van der Waals surface area contributed by atoms with Crippen LogP contribution in [0.3, 0.4) is 0 Å². The quantitative estimate of drug-likeness (QED) is 0.851. The van der Waals surface area contributed by atoms with Gasteiger partial charge in [0.1, 0.15) is 5.75 Å². The van der Waals surface area contributed by atoms with Crippen LogP contribution in [0.25, 0.3) is 0 Å². The zero-order valence-electron chi connectivity index (χ0n) is 12.0. The SMILES string of the molecule is COc1ccc(C(=O)N2CCS(=O)(=O)c3ccccc32)cc1. The van der Waals surface area contributed by atoms with Gasteiger partial charge >= 0.3 is 0 Å². The number of fused-ring (bicyclic) bond motifs is 1. The van der Waals surface area contributed by atoms with E-state index in [9.17, 15) is 13.2 Å². The topological polar surface area (TPSA) is 63.7 Å². The number of nitrogens with zero attached hydrogens (tertiary/aromatic N) is 1. The number of hydrogen-bond acceptors (Lipinski definition) is 4. The first kappa shape index (κ1) is 14.6. The van der Waals surface area contributed by atoms with E-state index in [0.717, 1.165) is 0 Å². The maximum Gasteiger partial charge on any atom is 0.258 e. The fourth-order valence-corrected chi connectivity index (χ4v) is 3.91. The molecule has 0 aromatic heterocycles. The van der Waals surface area contributed by atoms with Crippen LogP contribution in [0.2, 0.25) is 0 Å². The minimum Gasteiger partial charge on any atom is -0.497 e. The van der Waals surface area contributed by atoms with Crippen molar-refractivity contribution < 1.29 is 17.9 Å². The lowest BCUT2D eigenvalue weighted by molar-refractivity contribution is 0.0987. The van der Waals surface area contributed by atoms with Crippen molar-refractivity contribution in [1.29, 1.82) is 0 Å². The van der Waals surface area contributed by atoms with Crippen molar-refractivity contribution in [2.45, 2.75) is 4.90 Å². The molecule has 0 atom stereocenters. The first-order valence-corrected chi connectivity index (χ1v) is 8.46. The summed E-state index contributed by atoms with van der Waals surface area (Å²) in [5.41, 5.74) is 0.935. The van der Waals surface area contributed by atoms with Crippen molar-refractivity contribution >= 4 is 21.4 Å². The van der Waals surface area contributed by atoms with E-state index in [1.807, 2.05) is 0 Å². The molecule has 2 aromatic rings. The average Bonchev–Trinajstić information content (AvgIpc) is 2.55. The molecule has 114 valence electrons. The number of hydrogen-bond donors (Lipinski definition) is 0. The third kappa shape index (κ3) is 2.46. The van der Waals surface area contributed by atoms with Crippen LogP contribution in [0.5, 0.6) is 5.75 Å². The number of para-hydroxylation sites is 1. The molecular formula is C16H15NO4S. The lowest BCUT2D eigenvalue weighted by Crippen LogP contribution is -2.39. The number of ether oxygens (including phenoxy) is 1. The monoisotopic (exact) mass is 317 g/mol. The molecule has 0 N–H and O–H groups in total. The molecule has 0 saturated carbocycles. The average molecular weight is 317 g/mol. The lowest BCUT2D eigenvalue weighted by Gasteiger charge is -2.29. The maximum atomic E-state index is 12.7. The number of sulfone groups is 1. The van der Waals surface area contributed by atoms with Gasteiger partial charge in [0.25, 0.3) is 5.91 Å². The smallest absolute Gasteiger partial charge is 0.258 e. The summed E-state index contributed by atoms with van der Waals surface area (Å²) in [6, 6.07) is 13.4. The second-order valence-corrected chi connectivity index (χ2v) is 7.05. The second-order valence-electron chi connectivity index (χ2n) is 4.97. The molecule has 3 rings (SSSR count). The molecule has 0 unspecified atom stereocenters. The van der Waals surface area contributed by atoms with Crippen molar-refractivity contribution in [2.24, 2.45) is 0 Å². The molecule has 1 amide bonds. The second kappa shape index (κ2) is 5.46. The van der Waals surface area contributed by atoms with E-state index in [2.05, 4.69) is 0 Å². The molecule has 0 bridgehead atoms. The number of benzene rings is 2. The fraction of sp³-hybridized carbons (Fsp3) is 0.188. The van der Waals surface area contributed by atoms with Crippen LogP contribution >= 0.6 is 0 Å². The van der Waals surface area contributed by atoms with Gasteiger partial charge in [-0.15, -0.1) is 0 Å². The zero-order valence-corrected chi connectivity index (χ0v) is 12.8. The van der Waals surface area contributed by atoms with E-state index in [4.69, 9.17) is 4.74 Å². The van der Waals surface area contributed by atoms with Crippen LogP contribution in [-0.2, 0) is 9.84 Å². The molecule has 0 radical (unpaired) electrons. The fourth-order valence-electron chi connectivity index (χ4n) is 2.49. The summed E-state index contributed by atoms with van der Waals surface area (Å²) in [4.78, 5) is 14.4. The van der Waals surface area contributed by atoms with Crippen molar-refractivity contribution in [1.82, 2.24) is 0 Å². The van der Waals surface area contributed by atoms with Gasteiger partial charge in [0.05, 0.1) is 23.4 Å². The summed E-state index contributed by atoms with van der Waals surface area (Å²) in [5, 5.41) is 0. The zero-order chi connectivity index (χ0) is 15.7. The number of methoxy groups -OCH3 is 1. The molecule has 22 heavy (non-hydrogen) atoms. The first-order chi connectivity index (χ1) is 10.5. The Bertz CT molecular complexity index is 812. The van der Waals surface area contributed by atoms with Crippen LogP contribution in [0.1, 0.15) is 10.4 Å². The van der Waals surface area contributed by atoms with E-state index >= 15 is 0 Å². The number of rotatable bonds is 2. The van der Waals surface area contributed by atoms with Crippen molar-refractivity contribution in [2.75, 3.05) is 24.3 Å². The Hall–Kier alpha value is -2.34. The third-order valence-electron chi connectivity index (χ3n) is 3.66. The predicted molar refractivity (Wildman–Crippen MR) is 83.2 cm³/mol. The number of carbonyl (C=O) groups excluding carboxylic acids is 1. The maximum absolute atomic E-state index is 12.7. The molecule has 5 nitrogen and oxygen atoms in total. The van der Waals surface area contributed by atoms with Gasteiger partial charge in [-0.2, -0.15) is 0 Å². The van der Waals surface area contributed by atoms with Gasteiger partial charge in [0.2, 0.25) is 0 Å². The first-order valence-electron chi connectivity index (χ1n) is 6.80. The van der Waals surface area contributed by atoms with Crippen LogP contribution < -0.4 is 9.64 Å². The highest BCUT2D eigenvalue weighted by molar-refractivity contribution is 7.91. The Morgan fingerprint density at radius 1 is 1.09 bits per heavy atom. The summed E-state index contributed by atoms with van der Waals surface area (Å²) >= 11 is 0. The summed E-state index contributed by atoms with van der Waals surface area (Å²) < 4.78 is 29.3. The van der Waals surface area contributed by atoms with E-state index in [0.29, 0.717) is 17.0 Å². The Morgan fingerprint density at radius 3 is 2.45 bits per heavy atom. The van der Waals surface area contributed by atoms with Crippen LogP contribution in [0, 0.1) is 0 Å². The molecule has 0 fully saturated rings. The van der Waals surface area contributed by atoms with E-state index in [1.54, 1.807) is 49.6 Å². The minimum atomic E-state index is -3.32. The van der Waals surface area contributed by atoms with Gasteiger partial charge in [-0.1, -0.05) is 12.1 Å². The van der Waals surface area contributed by atoms with Gasteiger partial charge < -0.3 is 9.64 Å². The highest BCUT2D eigenvalue weighted by Crippen LogP contribution is 2.31. The summed E-state index contributed by atoms with van der Waals surface area (Å²) in [5.74, 6) is 0.384. The van der Waals surface area contributed by atoms with Gasteiger partial charge in [0.15, 0.2) is 9.84 Å². The Balaban J connectivity index is 2.00. The minimum absolute atomic E-state index is 0.0636. The molecule has 1 aliphatic rings. The standard InChI is InChI=1S/C16H15NO4S/c1-21-13-8-6-12(7-9-13)16(18)17-10-11-22(19,20)15-5-3-2-4-14(15)17/h2-9H,10-11H2,1H3. The molecule has 0 saturated heterocycles. The molecule has 1 aliphatic heterocycles. The van der Waals surface area contributed by atoms with Gasteiger partial charge in [0, 0.05) is 12.1 Å². The molecule has 6 heteroatoms. The van der Waals surface area contributed by atoms with Gasteiger partial charge in [-0.3, -0.25) is 4.79 Å². The van der Waals surface area contributed by atoms with Crippen molar-refractivity contribution in [3.05, 3.63) is 54.1 Å². The highest BCUT2D eigenvalue weighted by Gasteiger charge is 2.31.